The summed E-state index contributed by atoms with van der Waals surface area (Å²) < 4.78 is 5.07. The average Bonchev–Trinajstić information content (AvgIpc) is 2.54. The molecule has 0 N–H and O–H groups in total. The smallest absolute Gasteiger partial charge is 0.222 e. The number of methoxy groups -OCH3 is 1. The average molecular weight is 305 g/mol. The Balaban J connectivity index is 2.41. The Morgan fingerprint density at radius 2 is 1.59 bits per heavy atom. The van der Waals surface area contributed by atoms with Gasteiger partial charge in [-0.15, -0.1) is 0 Å². The van der Waals surface area contributed by atoms with Gasteiger partial charge in [-0.1, -0.05) is 13.8 Å². The number of Topliss-reactive ketones (excluding diaryl/α,β-unsaturated/α-hetero) is 1. The Labute approximate surface area is 133 Å². The highest BCUT2D eigenvalue weighted by Gasteiger charge is 2.13. The molecule has 0 saturated heterocycles. The third-order valence-corrected chi connectivity index (χ3v) is 3.55. The molecular weight excluding hydrogens is 278 g/mol. The number of ether oxygens (including phenoxy) is 1. The molecule has 0 aliphatic rings. The maximum atomic E-state index is 12.1. The molecule has 0 spiro atoms. The van der Waals surface area contributed by atoms with E-state index in [2.05, 4.69) is 13.8 Å². The molecule has 1 aromatic carbocycles. The molecule has 0 bridgehead atoms. The summed E-state index contributed by atoms with van der Waals surface area (Å²) in [6.45, 7) is 5.75. The van der Waals surface area contributed by atoms with Crippen LogP contribution in [0.2, 0.25) is 0 Å². The van der Waals surface area contributed by atoms with Gasteiger partial charge in [-0.05, 0) is 43.5 Å². The van der Waals surface area contributed by atoms with Crippen LogP contribution < -0.4 is 4.74 Å². The number of carbonyl (C=O) groups excluding carboxylic acids is 2. The Hall–Kier alpha value is -1.84. The van der Waals surface area contributed by atoms with Gasteiger partial charge in [0.15, 0.2) is 5.78 Å². The first-order valence-electron chi connectivity index (χ1n) is 8.07. The molecule has 0 saturated carbocycles. The minimum Gasteiger partial charge on any atom is -0.497 e. The molecule has 0 heterocycles. The first-order valence-corrected chi connectivity index (χ1v) is 8.07. The fourth-order valence-electron chi connectivity index (χ4n) is 2.38. The number of benzene rings is 1. The van der Waals surface area contributed by atoms with Gasteiger partial charge in [0.25, 0.3) is 0 Å². The second-order valence-electron chi connectivity index (χ2n) is 5.39. The number of ketones is 1. The van der Waals surface area contributed by atoms with E-state index < -0.39 is 0 Å². The van der Waals surface area contributed by atoms with Crippen LogP contribution in [-0.2, 0) is 4.79 Å². The van der Waals surface area contributed by atoms with Crippen LogP contribution in [0.3, 0.4) is 0 Å². The Morgan fingerprint density at radius 1 is 1.00 bits per heavy atom. The summed E-state index contributed by atoms with van der Waals surface area (Å²) in [5, 5.41) is 0. The molecule has 1 aromatic rings. The molecule has 4 heteroatoms. The van der Waals surface area contributed by atoms with Gasteiger partial charge in [-0.25, -0.2) is 0 Å². The van der Waals surface area contributed by atoms with Gasteiger partial charge >= 0.3 is 0 Å². The largest absolute Gasteiger partial charge is 0.497 e. The summed E-state index contributed by atoms with van der Waals surface area (Å²) >= 11 is 0. The van der Waals surface area contributed by atoms with Crippen molar-refractivity contribution in [1.29, 1.82) is 0 Å². The number of hydrogen-bond acceptors (Lipinski definition) is 3. The molecule has 0 atom stereocenters. The van der Waals surface area contributed by atoms with Crippen LogP contribution in [0.5, 0.6) is 5.75 Å². The molecule has 0 fully saturated rings. The molecule has 22 heavy (non-hydrogen) atoms. The van der Waals surface area contributed by atoms with E-state index in [1.54, 1.807) is 31.4 Å². The lowest BCUT2D eigenvalue weighted by molar-refractivity contribution is -0.131. The molecule has 0 aliphatic heterocycles. The van der Waals surface area contributed by atoms with Crippen LogP contribution in [-0.4, -0.2) is 36.8 Å². The van der Waals surface area contributed by atoms with E-state index in [-0.39, 0.29) is 11.7 Å². The highest BCUT2D eigenvalue weighted by molar-refractivity contribution is 5.96. The van der Waals surface area contributed by atoms with E-state index in [1.807, 2.05) is 4.90 Å². The molecule has 1 amide bonds. The summed E-state index contributed by atoms with van der Waals surface area (Å²) in [4.78, 5) is 26.1. The van der Waals surface area contributed by atoms with Crippen molar-refractivity contribution in [3.05, 3.63) is 29.8 Å². The summed E-state index contributed by atoms with van der Waals surface area (Å²) in [6, 6.07) is 7.10. The highest BCUT2D eigenvalue weighted by Crippen LogP contribution is 2.14. The third kappa shape index (κ3) is 5.88. The Kier molecular flexibility index (Phi) is 8.26. The monoisotopic (exact) mass is 305 g/mol. The normalized spacial score (nSPS) is 10.3. The molecular formula is C18H27NO3. The minimum absolute atomic E-state index is 0.0768. The molecule has 0 unspecified atom stereocenters. The lowest BCUT2D eigenvalue weighted by Gasteiger charge is -2.21. The Morgan fingerprint density at radius 3 is 2.09 bits per heavy atom. The maximum Gasteiger partial charge on any atom is 0.222 e. The van der Waals surface area contributed by atoms with Crippen LogP contribution in [0.4, 0.5) is 0 Å². The fraction of sp³-hybridized carbons (Fsp3) is 0.556. The summed E-state index contributed by atoms with van der Waals surface area (Å²) in [5.41, 5.74) is 0.673. The molecule has 0 radical (unpaired) electrons. The van der Waals surface area contributed by atoms with Crippen molar-refractivity contribution in [1.82, 2.24) is 4.90 Å². The van der Waals surface area contributed by atoms with Gasteiger partial charge in [0.05, 0.1) is 7.11 Å². The zero-order valence-electron chi connectivity index (χ0n) is 13.9. The van der Waals surface area contributed by atoms with Crippen molar-refractivity contribution in [3.63, 3.8) is 0 Å². The SMILES string of the molecule is CCCN(CCC)C(=O)CCCC(=O)c1ccc(OC)cc1. The number of carbonyl (C=O) groups is 2. The van der Waals surface area contributed by atoms with Crippen molar-refractivity contribution in [2.45, 2.75) is 46.0 Å². The first-order chi connectivity index (χ1) is 10.6. The van der Waals surface area contributed by atoms with Crippen molar-refractivity contribution >= 4 is 11.7 Å². The van der Waals surface area contributed by atoms with Gasteiger partial charge in [-0.2, -0.15) is 0 Å². The first kappa shape index (κ1) is 18.2. The third-order valence-electron chi connectivity index (χ3n) is 3.55. The van der Waals surface area contributed by atoms with E-state index in [0.29, 0.717) is 24.8 Å². The van der Waals surface area contributed by atoms with Gasteiger partial charge in [0.1, 0.15) is 5.75 Å². The van der Waals surface area contributed by atoms with Gasteiger partial charge in [0, 0.05) is 31.5 Å². The molecule has 4 nitrogen and oxygen atoms in total. The summed E-state index contributed by atoms with van der Waals surface area (Å²) in [6.07, 6.45) is 3.40. The van der Waals surface area contributed by atoms with E-state index in [1.165, 1.54) is 0 Å². The summed E-state index contributed by atoms with van der Waals surface area (Å²) in [5.74, 6) is 0.973. The van der Waals surface area contributed by atoms with E-state index in [0.717, 1.165) is 31.7 Å². The number of nitrogens with zero attached hydrogens (tertiary/aromatic N) is 1. The molecule has 0 aromatic heterocycles. The minimum atomic E-state index is 0.0768. The second kappa shape index (κ2) is 9.98. The van der Waals surface area contributed by atoms with Crippen molar-refractivity contribution in [2.75, 3.05) is 20.2 Å². The quantitative estimate of drug-likeness (QED) is 0.619. The van der Waals surface area contributed by atoms with Crippen LogP contribution >= 0.6 is 0 Å². The molecule has 1 rings (SSSR count). The standard InChI is InChI=1S/C18H27NO3/c1-4-13-19(14-5-2)18(21)8-6-7-17(20)15-9-11-16(22-3)12-10-15/h9-12H,4-8,13-14H2,1-3H3. The zero-order chi connectivity index (χ0) is 16.4. The second-order valence-corrected chi connectivity index (χ2v) is 5.39. The van der Waals surface area contributed by atoms with Crippen molar-refractivity contribution < 1.29 is 14.3 Å². The summed E-state index contributed by atoms with van der Waals surface area (Å²) in [7, 11) is 1.60. The predicted octanol–water partition coefficient (Wildman–Crippen LogP) is 3.70. The number of hydrogen-bond donors (Lipinski definition) is 0. The lowest BCUT2D eigenvalue weighted by Crippen LogP contribution is -2.32. The van der Waals surface area contributed by atoms with Crippen LogP contribution in [0.1, 0.15) is 56.3 Å². The fourth-order valence-corrected chi connectivity index (χ4v) is 2.38. The lowest BCUT2D eigenvalue weighted by atomic mass is 10.0. The molecule has 122 valence electrons. The topological polar surface area (TPSA) is 46.6 Å². The van der Waals surface area contributed by atoms with Crippen molar-refractivity contribution in [2.24, 2.45) is 0 Å². The van der Waals surface area contributed by atoms with Gasteiger partial charge in [0.2, 0.25) is 5.91 Å². The van der Waals surface area contributed by atoms with Crippen molar-refractivity contribution in [3.8, 4) is 5.75 Å². The number of rotatable bonds is 10. The van der Waals surface area contributed by atoms with Gasteiger partial charge < -0.3 is 9.64 Å². The Bertz CT molecular complexity index is 462. The van der Waals surface area contributed by atoms with E-state index >= 15 is 0 Å². The van der Waals surface area contributed by atoms with E-state index in [4.69, 9.17) is 4.74 Å². The number of amides is 1. The van der Waals surface area contributed by atoms with Crippen LogP contribution in [0.15, 0.2) is 24.3 Å². The maximum absolute atomic E-state index is 12.1. The van der Waals surface area contributed by atoms with Crippen LogP contribution in [0.25, 0.3) is 0 Å². The van der Waals surface area contributed by atoms with Gasteiger partial charge in [-0.3, -0.25) is 9.59 Å². The zero-order valence-corrected chi connectivity index (χ0v) is 13.9. The highest BCUT2D eigenvalue weighted by atomic mass is 16.5. The van der Waals surface area contributed by atoms with E-state index in [9.17, 15) is 9.59 Å². The predicted molar refractivity (Wildman–Crippen MR) is 88.3 cm³/mol. The van der Waals surface area contributed by atoms with Crippen LogP contribution in [0, 0.1) is 0 Å². The molecule has 0 aliphatic carbocycles.